The Morgan fingerprint density at radius 3 is 2.48 bits per heavy atom. The van der Waals surface area contributed by atoms with Gasteiger partial charge in [-0.1, -0.05) is 48.5 Å². The zero-order valence-corrected chi connectivity index (χ0v) is 17.1. The summed E-state index contributed by atoms with van der Waals surface area (Å²) in [5.74, 6) is 0.770. The molecule has 0 bridgehead atoms. The minimum atomic E-state index is -0.0695. The molecule has 0 amide bonds. The third-order valence-corrected chi connectivity index (χ3v) is 5.41. The van der Waals surface area contributed by atoms with Crippen molar-refractivity contribution in [2.75, 3.05) is 7.11 Å². The quantitative estimate of drug-likeness (QED) is 0.497. The minimum absolute atomic E-state index is 0.0695. The molecule has 0 radical (unpaired) electrons. The third-order valence-electron chi connectivity index (χ3n) is 5.41. The van der Waals surface area contributed by atoms with E-state index in [1.54, 1.807) is 11.8 Å². The van der Waals surface area contributed by atoms with Gasteiger partial charge in [-0.2, -0.15) is 0 Å². The van der Waals surface area contributed by atoms with Gasteiger partial charge in [-0.3, -0.25) is 14.9 Å². The molecule has 1 aromatic heterocycles. The van der Waals surface area contributed by atoms with E-state index in [2.05, 4.69) is 10.1 Å². The largest absolute Gasteiger partial charge is 0.497 e. The summed E-state index contributed by atoms with van der Waals surface area (Å²) < 4.78 is 6.94. The molecule has 1 N–H and O–H groups in total. The molecule has 0 spiro atoms. The highest BCUT2D eigenvalue weighted by Gasteiger charge is 2.18. The van der Waals surface area contributed by atoms with Crippen molar-refractivity contribution in [2.45, 2.75) is 6.54 Å². The van der Waals surface area contributed by atoms with Crippen LogP contribution in [0.4, 0.5) is 5.69 Å². The van der Waals surface area contributed by atoms with Crippen LogP contribution in [0.5, 0.6) is 5.75 Å². The monoisotopic (exact) mass is 407 g/mol. The van der Waals surface area contributed by atoms with Gasteiger partial charge in [-0.25, -0.2) is 4.68 Å². The average molecular weight is 407 g/mol. The second kappa shape index (κ2) is 7.95. The number of aliphatic imine (C=N–C) groups is 1. The highest BCUT2D eigenvalue weighted by molar-refractivity contribution is 6.21. The molecule has 0 saturated heterocycles. The highest BCUT2D eigenvalue weighted by atomic mass is 16.5. The van der Waals surface area contributed by atoms with Crippen molar-refractivity contribution < 1.29 is 4.74 Å². The Hall–Kier alpha value is -4.12. The summed E-state index contributed by atoms with van der Waals surface area (Å²) >= 11 is 0. The van der Waals surface area contributed by atoms with Crippen molar-refractivity contribution in [3.8, 4) is 17.0 Å². The number of aromatic nitrogens is 2. The van der Waals surface area contributed by atoms with Gasteiger partial charge < -0.3 is 4.74 Å². The number of fused-ring (bicyclic) bond motifs is 1. The number of rotatable bonds is 5. The molecule has 4 aromatic rings. The van der Waals surface area contributed by atoms with Crippen LogP contribution in [0.25, 0.3) is 22.9 Å². The molecule has 0 unspecified atom stereocenters. The number of allylic oxidation sites excluding steroid dienone is 1. The lowest BCUT2D eigenvalue weighted by atomic mass is 10.0. The fourth-order valence-corrected chi connectivity index (χ4v) is 3.80. The first-order valence-corrected chi connectivity index (χ1v) is 10.1. The van der Waals surface area contributed by atoms with Crippen molar-refractivity contribution in [1.82, 2.24) is 9.78 Å². The Bertz CT molecular complexity index is 1340. The molecule has 152 valence electrons. The van der Waals surface area contributed by atoms with E-state index in [0.29, 0.717) is 12.1 Å². The molecule has 5 heteroatoms. The van der Waals surface area contributed by atoms with Crippen molar-refractivity contribution in [1.29, 1.82) is 0 Å². The molecule has 0 fully saturated rings. The maximum absolute atomic E-state index is 13.4. The standard InChI is InChI=1S/C26H21N3O2/c1-31-21-13-11-19(12-14-21)25-23(15-20-16-27-24-10-6-5-9-22(20)24)26(30)29(28-25)17-18-7-3-2-4-8-18/h2-16,28H,17H2,1H3. The van der Waals surface area contributed by atoms with Crippen LogP contribution in [0.1, 0.15) is 16.7 Å². The van der Waals surface area contributed by atoms with Crippen molar-refractivity contribution in [3.05, 3.63) is 106 Å². The predicted octanol–water partition coefficient (Wildman–Crippen LogP) is 5.16. The molecule has 0 aliphatic carbocycles. The van der Waals surface area contributed by atoms with Gasteiger partial charge in [0.05, 0.1) is 30.6 Å². The maximum Gasteiger partial charge on any atom is 0.274 e. The number of hydrogen-bond acceptors (Lipinski definition) is 3. The van der Waals surface area contributed by atoms with E-state index in [9.17, 15) is 4.79 Å². The Morgan fingerprint density at radius 2 is 1.71 bits per heavy atom. The Kier molecular flexibility index (Phi) is 4.84. The third kappa shape index (κ3) is 3.62. The van der Waals surface area contributed by atoms with E-state index < -0.39 is 0 Å². The van der Waals surface area contributed by atoms with Crippen LogP contribution in [-0.4, -0.2) is 23.1 Å². The highest BCUT2D eigenvalue weighted by Crippen LogP contribution is 2.33. The van der Waals surface area contributed by atoms with Crippen LogP contribution in [-0.2, 0) is 6.54 Å². The number of para-hydroxylation sites is 1. The summed E-state index contributed by atoms with van der Waals surface area (Å²) in [5.41, 5.74) is 6.15. The first-order valence-electron chi connectivity index (χ1n) is 10.1. The topological polar surface area (TPSA) is 59.4 Å². The summed E-state index contributed by atoms with van der Waals surface area (Å²) in [6, 6.07) is 25.6. The molecule has 1 aliphatic rings. The van der Waals surface area contributed by atoms with Gasteiger partial charge in [0, 0.05) is 22.9 Å². The molecular formula is C26H21N3O2. The second-order valence-corrected chi connectivity index (χ2v) is 7.38. The Labute approximate surface area is 180 Å². The van der Waals surface area contributed by atoms with Gasteiger partial charge in [-0.05, 0) is 42.0 Å². The second-order valence-electron chi connectivity index (χ2n) is 7.38. The van der Waals surface area contributed by atoms with Gasteiger partial charge >= 0.3 is 0 Å². The number of hydrogen-bond donors (Lipinski definition) is 1. The van der Waals surface area contributed by atoms with Crippen LogP contribution in [0.15, 0.2) is 88.6 Å². The molecule has 0 atom stereocenters. The van der Waals surface area contributed by atoms with E-state index in [1.807, 2.05) is 91.2 Å². The summed E-state index contributed by atoms with van der Waals surface area (Å²) in [5, 5.41) is 3.32. The summed E-state index contributed by atoms with van der Waals surface area (Å²) in [7, 11) is 1.64. The lowest BCUT2D eigenvalue weighted by molar-refractivity contribution is 0.415. The summed E-state index contributed by atoms with van der Waals surface area (Å²) in [4.78, 5) is 17.9. The number of aromatic amines is 1. The molecular weight excluding hydrogens is 386 g/mol. The van der Waals surface area contributed by atoms with Crippen LogP contribution in [0.2, 0.25) is 0 Å². The van der Waals surface area contributed by atoms with Gasteiger partial charge in [0.2, 0.25) is 0 Å². The summed E-state index contributed by atoms with van der Waals surface area (Å²) in [6.45, 7) is 0.469. The number of methoxy groups -OCH3 is 1. The molecule has 5 nitrogen and oxygen atoms in total. The van der Waals surface area contributed by atoms with Gasteiger partial charge in [0.25, 0.3) is 5.56 Å². The Balaban J connectivity index is 1.64. The van der Waals surface area contributed by atoms with E-state index in [-0.39, 0.29) is 5.56 Å². The predicted molar refractivity (Wildman–Crippen MR) is 125 cm³/mol. The maximum atomic E-state index is 13.4. The number of H-pyrrole nitrogens is 1. The van der Waals surface area contributed by atoms with Crippen LogP contribution in [0.3, 0.4) is 0 Å². The van der Waals surface area contributed by atoms with E-state index in [0.717, 1.165) is 39.4 Å². The number of ether oxygens (including phenoxy) is 1. The van der Waals surface area contributed by atoms with Crippen molar-refractivity contribution in [2.24, 2.45) is 4.99 Å². The smallest absolute Gasteiger partial charge is 0.274 e. The van der Waals surface area contributed by atoms with E-state index >= 15 is 0 Å². The lowest BCUT2D eigenvalue weighted by Crippen LogP contribution is -2.18. The van der Waals surface area contributed by atoms with Crippen LogP contribution in [0, 0.1) is 0 Å². The lowest BCUT2D eigenvalue weighted by Gasteiger charge is -2.04. The van der Waals surface area contributed by atoms with Gasteiger partial charge in [0.1, 0.15) is 5.75 Å². The SMILES string of the molecule is COc1ccc(-c2[nH]n(Cc3ccccc3)c(=O)c2C=C2C=Nc3ccccc32)cc1. The van der Waals surface area contributed by atoms with Gasteiger partial charge in [0.15, 0.2) is 0 Å². The van der Waals surface area contributed by atoms with Crippen LogP contribution >= 0.6 is 0 Å². The minimum Gasteiger partial charge on any atom is -0.497 e. The van der Waals surface area contributed by atoms with E-state index in [1.165, 1.54) is 0 Å². The molecule has 3 aromatic carbocycles. The van der Waals surface area contributed by atoms with E-state index in [4.69, 9.17) is 4.74 Å². The number of benzene rings is 3. The van der Waals surface area contributed by atoms with Crippen molar-refractivity contribution in [3.63, 3.8) is 0 Å². The molecule has 0 saturated carbocycles. The van der Waals surface area contributed by atoms with Crippen LogP contribution < -0.4 is 10.3 Å². The van der Waals surface area contributed by atoms with Gasteiger partial charge in [-0.15, -0.1) is 0 Å². The zero-order chi connectivity index (χ0) is 21.2. The molecule has 5 rings (SSSR count). The fraction of sp³-hybridized carbons (Fsp3) is 0.0769. The molecule has 31 heavy (non-hydrogen) atoms. The van der Waals surface area contributed by atoms with Crippen molar-refractivity contribution >= 4 is 23.6 Å². The number of nitrogens with zero attached hydrogens (tertiary/aromatic N) is 2. The first-order chi connectivity index (χ1) is 15.2. The number of nitrogens with one attached hydrogen (secondary N) is 1. The Morgan fingerprint density at radius 1 is 0.968 bits per heavy atom. The molecule has 2 heterocycles. The summed E-state index contributed by atoms with van der Waals surface area (Å²) in [6.07, 6.45) is 3.74. The average Bonchev–Trinajstić information content (AvgIpc) is 3.37. The normalized spacial score (nSPS) is 13.5. The fourth-order valence-electron chi connectivity index (χ4n) is 3.80. The first kappa shape index (κ1) is 18.9. The molecule has 1 aliphatic heterocycles. The zero-order valence-electron chi connectivity index (χ0n) is 17.1.